The van der Waals surface area contributed by atoms with Crippen LogP contribution in [-0.2, 0) is 0 Å². The van der Waals surface area contributed by atoms with Gasteiger partial charge in [-0.3, -0.25) is 0 Å². The Morgan fingerprint density at radius 1 is 1.50 bits per heavy atom. The van der Waals surface area contributed by atoms with Gasteiger partial charge in [0.25, 0.3) is 0 Å². The lowest BCUT2D eigenvalue weighted by Crippen LogP contribution is -2.32. The van der Waals surface area contributed by atoms with Crippen molar-refractivity contribution in [2.45, 2.75) is 13.0 Å². The molecule has 0 aliphatic carbocycles. The van der Waals surface area contributed by atoms with Crippen molar-refractivity contribution >= 4 is 23.3 Å². The van der Waals surface area contributed by atoms with Crippen LogP contribution in [0.3, 0.4) is 0 Å². The van der Waals surface area contributed by atoms with Crippen LogP contribution in [0, 0.1) is 6.92 Å². The molecule has 1 aromatic carbocycles. The van der Waals surface area contributed by atoms with E-state index >= 15 is 0 Å². The largest absolute Gasteiger partial charge is 0.495 e. The molecule has 2 amide bonds. The first-order valence-corrected chi connectivity index (χ1v) is 6.99. The van der Waals surface area contributed by atoms with Crippen LogP contribution in [0.2, 0.25) is 5.02 Å². The van der Waals surface area contributed by atoms with Crippen molar-refractivity contribution in [3.63, 3.8) is 0 Å². The third-order valence-electron chi connectivity index (χ3n) is 3.06. The zero-order chi connectivity index (χ0) is 16.1. The highest BCUT2D eigenvalue weighted by Crippen LogP contribution is 2.30. The van der Waals surface area contributed by atoms with Crippen molar-refractivity contribution in [3.8, 4) is 5.75 Å². The highest BCUT2D eigenvalue weighted by atomic mass is 35.5. The molecule has 0 aliphatic rings. The predicted molar refractivity (Wildman–Crippen MR) is 83.4 cm³/mol. The lowest BCUT2D eigenvalue weighted by atomic mass is 10.2. The zero-order valence-electron chi connectivity index (χ0n) is 12.2. The first-order valence-electron chi connectivity index (χ1n) is 6.61. The van der Waals surface area contributed by atoms with Gasteiger partial charge in [0.15, 0.2) is 0 Å². The third kappa shape index (κ3) is 3.93. The fraction of sp³-hybridized carbons (Fsp3) is 0.267. The maximum absolute atomic E-state index is 11.9. The Hall–Kier alpha value is -2.18. The second-order valence-electron chi connectivity index (χ2n) is 4.67. The van der Waals surface area contributed by atoms with Crippen molar-refractivity contribution in [3.05, 3.63) is 46.9 Å². The number of carbonyl (C=O) groups excluding carboxylic acids is 1. The van der Waals surface area contributed by atoms with E-state index < -0.39 is 12.1 Å². The van der Waals surface area contributed by atoms with Crippen LogP contribution in [0.5, 0.6) is 5.75 Å². The molecular weight excluding hydrogens is 308 g/mol. The minimum Gasteiger partial charge on any atom is -0.495 e. The number of hydrogen-bond donors (Lipinski definition) is 3. The molecule has 0 fully saturated rings. The van der Waals surface area contributed by atoms with Gasteiger partial charge in [-0.2, -0.15) is 0 Å². The van der Waals surface area contributed by atoms with Crippen LogP contribution in [0.4, 0.5) is 10.5 Å². The molecule has 0 saturated heterocycles. The van der Waals surface area contributed by atoms with Gasteiger partial charge in [-0.1, -0.05) is 11.6 Å². The lowest BCUT2D eigenvalue weighted by Gasteiger charge is -2.14. The monoisotopic (exact) mass is 324 g/mol. The molecular formula is C15H17ClN2O4. The molecule has 3 N–H and O–H groups in total. The lowest BCUT2D eigenvalue weighted by molar-refractivity contribution is 0.149. The zero-order valence-corrected chi connectivity index (χ0v) is 13.0. The number of benzene rings is 1. The number of halogens is 1. The standard InChI is InChI=1S/C15H17ClN2O4/c1-9-6-11(14(21-2)7-10(9)16)18-15(20)17-8-12(19)13-4-3-5-22-13/h3-7,12,19H,8H2,1-2H3,(H2,17,18,20). The number of aliphatic hydroxyl groups excluding tert-OH is 1. The molecule has 2 aromatic rings. The molecule has 0 bridgehead atoms. The number of hydrogen-bond acceptors (Lipinski definition) is 4. The first-order chi connectivity index (χ1) is 10.5. The van der Waals surface area contributed by atoms with E-state index in [0.29, 0.717) is 22.2 Å². The van der Waals surface area contributed by atoms with E-state index in [1.54, 1.807) is 24.3 Å². The summed E-state index contributed by atoms with van der Waals surface area (Å²) >= 11 is 6.01. The average molecular weight is 325 g/mol. The molecule has 0 aliphatic heterocycles. The number of urea groups is 1. The van der Waals surface area contributed by atoms with Crippen LogP contribution in [0.15, 0.2) is 34.9 Å². The maximum atomic E-state index is 11.9. The Bertz CT molecular complexity index is 643. The van der Waals surface area contributed by atoms with Crippen LogP contribution >= 0.6 is 11.6 Å². The molecule has 1 unspecified atom stereocenters. The van der Waals surface area contributed by atoms with E-state index in [2.05, 4.69) is 10.6 Å². The minimum absolute atomic E-state index is 0.0221. The fourth-order valence-corrected chi connectivity index (χ4v) is 2.02. The summed E-state index contributed by atoms with van der Waals surface area (Å²) in [7, 11) is 1.49. The number of methoxy groups -OCH3 is 1. The molecule has 118 valence electrons. The molecule has 6 nitrogen and oxygen atoms in total. The van der Waals surface area contributed by atoms with Gasteiger partial charge in [0.1, 0.15) is 17.6 Å². The maximum Gasteiger partial charge on any atom is 0.319 e. The van der Waals surface area contributed by atoms with Crippen LogP contribution in [0.25, 0.3) is 0 Å². The highest BCUT2D eigenvalue weighted by molar-refractivity contribution is 6.31. The average Bonchev–Trinajstić information content (AvgIpc) is 3.02. The summed E-state index contributed by atoms with van der Waals surface area (Å²) in [6, 6.07) is 6.18. The number of rotatable bonds is 5. The highest BCUT2D eigenvalue weighted by Gasteiger charge is 2.14. The Morgan fingerprint density at radius 3 is 2.91 bits per heavy atom. The number of carbonyl (C=O) groups is 1. The summed E-state index contributed by atoms with van der Waals surface area (Å²) in [5.41, 5.74) is 1.31. The summed E-state index contributed by atoms with van der Waals surface area (Å²) in [5.74, 6) is 0.845. The number of amides is 2. The Labute approximate surface area is 133 Å². The van der Waals surface area contributed by atoms with Crippen LogP contribution in [0.1, 0.15) is 17.4 Å². The van der Waals surface area contributed by atoms with Gasteiger partial charge >= 0.3 is 6.03 Å². The van der Waals surface area contributed by atoms with E-state index in [-0.39, 0.29) is 6.54 Å². The SMILES string of the molecule is COc1cc(Cl)c(C)cc1NC(=O)NCC(O)c1ccco1. The van der Waals surface area contributed by atoms with Crippen molar-refractivity contribution in [1.82, 2.24) is 5.32 Å². The minimum atomic E-state index is -0.908. The second-order valence-corrected chi connectivity index (χ2v) is 5.08. The van der Waals surface area contributed by atoms with Crippen molar-refractivity contribution < 1.29 is 19.1 Å². The summed E-state index contributed by atoms with van der Waals surface area (Å²) in [4.78, 5) is 11.9. The van der Waals surface area contributed by atoms with Gasteiger partial charge in [0, 0.05) is 11.1 Å². The molecule has 1 heterocycles. The van der Waals surface area contributed by atoms with Gasteiger partial charge < -0.3 is 24.9 Å². The molecule has 0 saturated carbocycles. The molecule has 2 rings (SSSR count). The molecule has 0 radical (unpaired) electrons. The van der Waals surface area contributed by atoms with Crippen LogP contribution < -0.4 is 15.4 Å². The van der Waals surface area contributed by atoms with Crippen molar-refractivity contribution in [1.29, 1.82) is 0 Å². The van der Waals surface area contributed by atoms with Crippen molar-refractivity contribution in [2.75, 3.05) is 19.0 Å². The fourth-order valence-electron chi connectivity index (χ4n) is 1.87. The van der Waals surface area contributed by atoms with E-state index in [4.69, 9.17) is 20.8 Å². The normalized spacial score (nSPS) is 11.8. The smallest absolute Gasteiger partial charge is 0.319 e. The molecule has 1 atom stereocenters. The predicted octanol–water partition coefficient (Wildman–Crippen LogP) is 3.11. The van der Waals surface area contributed by atoms with Gasteiger partial charge in [-0.25, -0.2) is 4.79 Å². The van der Waals surface area contributed by atoms with E-state index in [9.17, 15) is 9.90 Å². The summed E-state index contributed by atoms with van der Waals surface area (Å²) in [6.07, 6.45) is 0.551. The Kier molecular flexibility index (Phi) is 5.30. The van der Waals surface area contributed by atoms with Crippen molar-refractivity contribution in [2.24, 2.45) is 0 Å². The molecule has 7 heteroatoms. The first kappa shape index (κ1) is 16.2. The number of nitrogens with one attached hydrogen (secondary N) is 2. The summed E-state index contributed by atoms with van der Waals surface area (Å²) < 4.78 is 10.2. The molecule has 1 aromatic heterocycles. The number of anilines is 1. The Balaban J connectivity index is 1.96. The third-order valence-corrected chi connectivity index (χ3v) is 3.46. The van der Waals surface area contributed by atoms with E-state index in [1.807, 2.05) is 6.92 Å². The Morgan fingerprint density at radius 2 is 2.27 bits per heavy atom. The van der Waals surface area contributed by atoms with Gasteiger partial charge in [0.2, 0.25) is 0 Å². The molecule has 0 spiro atoms. The van der Waals surface area contributed by atoms with Crippen LogP contribution in [-0.4, -0.2) is 24.8 Å². The summed E-state index contributed by atoms with van der Waals surface area (Å²) in [5, 5.41) is 15.6. The van der Waals surface area contributed by atoms with Gasteiger partial charge in [0.05, 0.1) is 25.6 Å². The van der Waals surface area contributed by atoms with Gasteiger partial charge in [-0.15, -0.1) is 0 Å². The number of ether oxygens (including phenoxy) is 1. The van der Waals surface area contributed by atoms with E-state index in [1.165, 1.54) is 13.4 Å². The quantitative estimate of drug-likeness (QED) is 0.789. The topological polar surface area (TPSA) is 83.7 Å². The number of furan rings is 1. The number of aliphatic hydroxyl groups is 1. The summed E-state index contributed by atoms with van der Waals surface area (Å²) in [6.45, 7) is 1.85. The number of aryl methyl sites for hydroxylation is 1. The van der Waals surface area contributed by atoms with Gasteiger partial charge in [-0.05, 0) is 30.7 Å². The van der Waals surface area contributed by atoms with E-state index in [0.717, 1.165) is 5.56 Å². The second kappa shape index (κ2) is 7.20. The molecule has 22 heavy (non-hydrogen) atoms.